The standard InChI is InChI=1S/C18H23NO2/c20-13-4-3-8-16-9-5-10-17(14-16)19-18(21)12-11-15-6-1-2-7-15/h5,9-10,14-15,20H,1-2,4,6-7,11-13H2,(H,19,21). The molecule has 0 spiro atoms. The quantitative estimate of drug-likeness (QED) is 0.815. The van der Waals surface area contributed by atoms with Crippen LogP contribution in [0, 0.1) is 17.8 Å². The van der Waals surface area contributed by atoms with E-state index in [2.05, 4.69) is 17.2 Å². The molecule has 21 heavy (non-hydrogen) atoms. The molecule has 1 amide bonds. The highest BCUT2D eigenvalue weighted by Crippen LogP contribution is 2.28. The molecule has 3 nitrogen and oxygen atoms in total. The van der Waals surface area contributed by atoms with Gasteiger partial charge in [0.15, 0.2) is 0 Å². The molecule has 0 unspecified atom stereocenters. The summed E-state index contributed by atoms with van der Waals surface area (Å²) in [4.78, 5) is 12.0. The molecular weight excluding hydrogens is 262 g/mol. The third-order valence-corrected chi connectivity index (χ3v) is 3.87. The van der Waals surface area contributed by atoms with Gasteiger partial charge in [0, 0.05) is 24.1 Å². The van der Waals surface area contributed by atoms with Gasteiger partial charge in [0.25, 0.3) is 0 Å². The fraction of sp³-hybridized carbons (Fsp3) is 0.500. The summed E-state index contributed by atoms with van der Waals surface area (Å²) in [5.74, 6) is 6.68. The monoisotopic (exact) mass is 285 g/mol. The zero-order valence-corrected chi connectivity index (χ0v) is 12.4. The van der Waals surface area contributed by atoms with Crippen molar-refractivity contribution in [2.24, 2.45) is 5.92 Å². The lowest BCUT2D eigenvalue weighted by atomic mass is 10.0. The Balaban J connectivity index is 1.82. The van der Waals surface area contributed by atoms with Crippen LogP contribution in [0.3, 0.4) is 0 Å². The SMILES string of the molecule is O=C(CCC1CCCC1)Nc1cccc(C#CCCO)c1. The zero-order valence-electron chi connectivity index (χ0n) is 12.4. The number of carbonyl (C=O) groups is 1. The van der Waals surface area contributed by atoms with E-state index in [9.17, 15) is 4.79 Å². The molecule has 0 aliphatic heterocycles. The summed E-state index contributed by atoms with van der Waals surface area (Å²) in [6, 6.07) is 7.54. The second-order valence-corrected chi connectivity index (χ2v) is 5.59. The average molecular weight is 285 g/mol. The Bertz CT molecular complexity index is 522. The van der Waals surface area contributed by atoms with Crippen LogP contribution in [0.15, 0.2) is 24.3 Å². The van der Waals surface area contributed by atoms with Crippen LogP contribution in [0.25, 0.3) is 0 Å². The summed E-state index contributed by atoms with van der Waals surface area (Å²) < 4.78 is 0. The molecule has 0 saturated heterocycles. The van der Waals surface area contributed by atoms with E-state index in [-0.39, 0.29) is 12.5 Å². The third kappa shape index (κ3) is 5.61. The fourth-order valence-electron chi connectivity index (χ4n) is 2.75. The first kappa shape index (κ1) is 15.6. The molecule has 0 radical (unpaired) electrons. The minimum absolute atomic E-state index is 0.0740. The normalized spacial score (nSPS) is 14.5. The Kier molecular flexibility index (Phi) is 6.30. The summed E-state index contributed by atoms with van der Waals surface area (Å²) in [5.41, 5.74) is 1.65. The Labute approximate surface area is 126 Å². The van der Waals surface area contributed by atoms with E-state index in [1.165, 1.54) is 25.7 Å². The zero-order chi connectivity index (χ0) is 14.9. The molecule has 2 N–H and O–H groups in total. The predicted octanol–water partition coefficient (Wildman–Crippen LogP) is 3.33. The maximum absolute atomic E-state index is 12.0. The van der Waals surface area contributed by atoms with Gasteiger partial charge >= 0.3 is 0 Å². The van der Waals surface area contributed by atoms with Crippen molar-refractivity contribution in [1.29, 1.82) is 0 Å². The Morgan fingerprint density at radius 3 is 2.90 bits per heavy atom. The van der Waals surface area contributed by atoms with Crippen molar-refractivity contribution in [3.05, 3.63) is 29.8 Å². The van der Waals surface area contributed by atoms with Gasteiger partial charge in [-0.1, -0.05) is 43.6 Å². The van der Waals surface area contributed by atoms with Crippen molar-refractivity contribution in [2.75, 3.05) is 11.9 Å². The maximum Gasteiger partial charge on any atom is 0.224 e. The van der Waals surface area contributed by atoms with Crippen LogP contribution in [0.2, 0.25) is 0 Å². The van der Waals surface area contributed by atoms with Gasteiger partial charge in [-0.3, -0.25) is 4.79 Å². The molecule has 3 heteroatoms. The van der Waals surface area contributed by atoms with Gasteiger partial charge in [-0.25, -0.2) is 0 Å². The molecule has 0 aromatic heterocycles. The highest BCUT2D eigenvalue weighted by atomic mass is 16.2. The molecule has 1 aliphatic rings. The predicted molar refractivity (Wildman–Crippen MR) is 84.8 cm³/mol. The van der Waals surface area contributed by atoms with Crippen LogP contribution < -0.4 is 5.32 Å². The van der Waals surface area contributed by atoms with Crippen molar-refractivity contribution >= 4 is 11.6 Å². The van der Waals surface area contributed by atoms with Crippen molar-refractivity contribution in [1.82, 2.24) is 0 Å². The van der Waals surface area contributed by atoms with Crippen LogP contribution in [0.1, 0.15) is 50.5 Å². The van der Waals surface area contributed by atoms with Crippen molar-refractivity contribution in [3.63, 3.8) is 0 Å². The summed E-state index contributed by atoms with van der Waals surface area (Å²) >= 11 is 0. The first-order chi connectivity index (χ1) is 10.3. The Morgan fingerprint density at radius 1 is 1.33 bits per heavy atom. The van der Waals surface area contributed by atoms with Crippen molar-refractivity contribution in [3.8, 4) is 11.8 Å². The fourth-order valence-corrected chi connectivity index (χ4v) is 2.75. The van der Waals surface area contributed by atoms with E-state index in [0.717, 1.165) is 23.6 Å². The molecule has 1 fully saturated rings. The lowest BCUT2D eigenvalue weighted by Gasteiger charge is -2.09. The largest absolute Gasteiger partial charge is 0.395 e. The topological polar surface area (TPSA) is 49.3 Å². The van der Waals surface area contributed by atoms with E-state index in [1.807, 2.05) is 24.3 Å². The van der Waals surface area contributed by atoms with Crippen LogP contribution in [-0.2, 0) is 4.79 Å². The summed E-state index contributed by atoms with van der Waals surface area (Å²) in [7, 11) is 0. The minimum Gasteiger partial charge on any atom is -0.395 e. The number of carbonyl (C=O) groups excluding carboxylic acids is 1. The molecular formula is C18H23NO2. The molecule has 1 aromatic rings. The van der Waals surface area contributed by atoms with E-state index in [4.69, 9.17) is 5.11 Å². The number of rotatable bonds is 5. The number of aliphatic hydroxyl groups excluding tert-OH is 1. The lowest BCUT2D eigenvalue weighted by Crippen LogP contribution is -2.12. The lowest BCUT2D eigenvalue weighted by molar-refractivity contribution is -0.116. The van der Waals surface area contributed by atoms with Crippen molar-refractivity contribution in [2.45, 2.75) is 44.9 Å². The number of hydrogen-bond donors (Lipinski definition) is 2. The molecule has 2 rings (SSSR count). The molecule has 0 bridgehead atoms. The maximum atomic E-state index is 12.0. The van der Waals surface area contributed by atoms with E-state index < -0.39 is 0 Å². The Morgan fingerprint density at radius 2 is 2.14 bits per heavy atom. The van der Waals surface area contributed by atoms with Gasteiger partial charge in [-0.05, 0) is 30.5 Å². The molecule has 112 valence electrons. The van der Waals surface area contributed by atoms with E-state index in [1.54, 1.807) is 0 Å². The number of anilines is 1. The molecule has 1 saturated carbocycles. The second kappa shape index (κ2) is 8.49. The minimum atomic E-state index is 0.0740. The number of benzene rings is 1. The average Bonchev–Trinajstić information content (AvgIpc) is 2.99. The molecule has 0 heterocycles. The first-order valence-corrected chi connectivity index (χ1v) is 7.77. The van der Waals surface area contributed by atoms with Crippen LogP contribution in [0.4, 0.5) is 5.69 Å². The molecule has 0 atom stereocenters. The van der Waals surface area contributed by atoms with Crippen LogP contribution >= 0.6 is 0 Å². The second-order valence-electron chi connectivity index (χ2n) is 5.59. The summed E-state index contributed by atoms with van der Waals surface area (Å²) in [6.07, 6.45) is 7.28. The third-order valence-electron chi connectivity index (χ3n) is 3.87. The van der Waals surface area contributed by atoms with Gasteiger partial charge < -0.3 is 10.4 Å². The van der Waals surface area contributed by atoms with Crippen LogP contribution in [-0.4, -0.2) is 17.6 Å². The van der Waals surface area contributed by atoms with Crippen LogP contribution in [0.5, 0.6) is 0 Å². The smallest absolute Gasteiger partial charge is 0.224 e. The number of aliphatic hydroxyl groups is 1. The highest BCUT2D eigenvalue weighted by Gasteiger charge is 2.16. The van der Waals surface area contributed by atoms with E-state index >= 15 is 0 Å². The number of amides is 1. The molecule has 1 aromatic carbocycles. The first-order valence-electron chi connectivity index (χ1n) is 7.77. The van der Waals surface area contributed by atoms with Gasteiger partial charge in [0.1, 0.15) is 0 Å². The summed E-state index contributed by atoms with van der Waals surface area (Å²) in [5, 5.41) is 11.6. The van der Waals surface area contributed by atoms with Crippen molar-refractivity contribution < 1.29 is 9.90 Å². The Hall–Kier alpha value is -1.79. The van der Waals surface area contributed by atoms with E-state index in [0.29, 0.717) is 12.8 Å². The van der Waals surface area contributed by atoms with Gasteiger partial charge in [-0.15, -0.1) is 0 Å². The van der Waals surface area contributed by atoms with Gasteiger partial charge in [0.2, 0.25) is 5.91 Å². The molecule has 1 aliphatic carbocycles. The highest BCUT2D eigenvalue weighted by molar-refractivity contribution is 5.90. The number of hydrogen-bond acceptors (Lipinski definition) is 2. The van der Waals surface area contributed by atoms with Gasteiger partial charge in [-0.2, -0.15) is 0 Å². The number of nitrogens with one attached hydrogen (secondary N) is 1. The summed E-state index contributed by atoms with van der Waals surface area (Å²) in [6.45, 7) is 0.0740. The van der Waals surface area contributed by atoms with Gasteiger partial charge in [0.05, 0.1) is 6.61 Å².